The number of nitrogens with two attached hydrogens (primary N) is 1. The topological polar surface area (TPSA) is 105 Å². The number of amides is 4. The van der Waals surface area contributed by atoms with E-state index >= 15 is 0 Å². The highest BCUT2D eigenvalue weighted by atomic mass is 35.5. The number of benzene rings is 2. The largest absolute Gasteiger partial charge is 0.352 e. The molecule has 2 aromatic rings. The molecule has 0 fully saturated rings. The van der Waals surface area contributed by atoms with Crippen molar-refractivity contribution in [2.45, 2.75) is 12.5 Å². The summed E-state index contributed by atoms with van der Waals surface area (Å²) < 4.78 is 12.9. The molecule has 0 aliphatic carbocycles. The fourth-order valence-electron chi connectivity index (χ4n) is 2.49. The van der Waals surface area contributed by atoms with Crippen molar-refractivity contribution in [3.05, 3.63) is 64.9 Å². The van der Waals surface area contributed by atoms with E-state index in [4.69, 9.17) is 17.3 Å². The first-order valence-corrected chi connectivity index (χ1v) is 8.73. The summed E-state index contributed by atoms with van der Waals surface area (Å²) in [6, 6.07) is 10.5. The molecule has 0 unspecified atom stereocenters. The van der Waals surface area contributed by atoms with Gasteiger partial charge >= 0.3 is 6.03 Å². The van der Waals surface area contributed by atoms with E-state index in [9.17, 15) is 18.8 Å². The maximum Gasteiger partial charge on any atom is 0.312 e. The Hall–Kier alpha value is -3.13. The van der Waals surface area contributed by atoms with Gasteiger partial charge in [-0.3, -0.25) is 9.59 Å². The number of nitrogens with one attached hydrogen (secondary N) is 2. The van der Waals surface area contributed by atoms with Crippen LogP contribution in [0.4, 0.5) is 14.9 Å². The van der Waals surface area contributed by atoms with Gasteiger partial charge in [-0.25, -0.2) is 9.18 Å². The van der Waals surface area contributed by atoms with Crippen LogP contribution in [0.1, 0.15) is 18.0 Å². The van der Waals surface area contributed by atoms with Crippen molar-refractivity contribution in [3.8, 4) is 0 Å². The second-order valence-corrected chi connectivity index (χ2v) is 6.56. The molecule has 0 bridgehead atoms. The first-order chi connectivity index (χ1) is 13.2. The standard InChI is InChI=1S/C19H20ClFN4O3/c1-25(11-17(26)23-15-8-6-14(21)7-9-15)18(27)10-16(24-19(22)28)12-2-4-13(20)5-3-12/h2-9,16H,10-11H2,1H3,(H,23,26)(H3,22,24,28)/t16-/m1/s1. The predicted octanol–water partition coefficient (Wildman–Crippen LogP) is 2.68. The van der Waals surface area contributed by atoms with E-state index in [-0.39, 0.29) is 18.9 Å². The average molecular weight is 407 g/mol. The summed E-state index contributed by atoms with van der Waals surface area (Å²) in [7, 11) is 1.47. The SMILES string of the molecule is CN(CC(=O)Nc1ccc(F)cc1)C(=O)C[C@@H](NC(N)=O)c1ccc(Cl)cc1. The maximum absolute atomic E-state index is 12.9. The number of likely N-dealkylation sites (N-methyl/N-ethyl adjacent to an activating group) is 1. The van der Waals surface area contributed by atoms with E-state index in [0.717, 1.165) is 0 Å². The van der Waals surface area contributed by atoms with Crippen molar-refractivity contribution in [2.24, 2.45) is 5.73 Å². The van der Waals surface area contributed by atoms with Crippen LogP contribution in [-0.4, -0.2) is 36.3 Å². The van der Waals surface area contributed by atoms with Gasteiger partial charge in [0.1, 0.15) is 5.82 Å². The minimum atomic E-state index is -0.774. The Morgan fingerprint density at radius 1 is 1.11 bits per heavy atom. The quantitative estimate of drug-likeness (QED) is 0.658. The second-order valence-electron chi connectivity index (χ2n) is 6.12. The Morgan fingerprint density at radius 2 is 1.71 bits per heavy atom. The molecule has 2 rings (SSSR count). The number of carbonyl (C=O) groups excluding carboxylic acids is 3. The summed E-state index contributed by atoms with van der Waals surface area (Å²) in [5.41, 5.74) is 6.27. The highest BCUT2D eigenvalue weighted by Crippen LogP contribution is 2.20. The van der Waals surface area contributed by atoms with Gasteiger partial charge in [-0.1, -0.05) is 23.7 Å². The van der Waals surface area contributed by atoms with Crippen LogP contribution < -0.4 is 16.4 Å². The van der Waals surface area contributed by atoms with Gasteiger partial charge in [0.2, 0.25) is 11.8 Å². The highest BCUT2D eigenvalue weighted by Gasteiger charge is 2.21. The molecule has 0 aromatic heterocycles. The zero-order chi connectivity index (χ0) is 20.7. The lowest BCUT2D eigenvalue weighted by molar-refractivity contribution is -0.133. The first kappa shape index (κ1) is 21.2. The van der Waals surface area contributed by atoms with E-state index in [1.807, 2.05) is 0 Å². The first-order valence-electron chi connectivity index (χ1n) is 8.35. The minimum Gasteiger partial charge on any atom is -0.352 e. The van der Waals surface area contributed by atoms with Crippen molar-refractivity contribution in [1.29, 1.82) is 0 Å². The van der Waals surface area contributed by atoms with Gasteiger partial charge in [-0.15, -0.1) is 0 Å². The minimum absolute atomic E-state index is 0.0924. The number of urea groups is 1. The molecule has 148 valence electrons. The second kappa shape index (κ2) is 9.70. The molecule has 0 aliphatic heterocycles. The average Bonchev–Trinajstić information content (AvgIpc) is 2.63. The van der Waals surface area contributed by atoms with Gasteiger partial charge in [0, 0.05) is 17.8 Å². The van der Waals surface area contributed by atoms with E-state index in [2.05, 4.69) is 10.6 Å². The summed E-state index contributed by atoms with van der Waals surface area (Å²) in [6.45, 7) is -0.208. The number of rotatable bonds is 7. The van der Waals surface area contributed by atoms with E-state index in [1.54, 1.807) is 24.3 Å². The normalized spacial score (nSPS) is 11.4. The molecule has 0 spiro atoms. The monoisotopic (exact) mass is 406 g/mol. The van der Waals surface area contributed by atoms with E-state index < -0.39 is 23.8 Å². The third-order valence-electron chi connectivity index (χ3n) is 3.90. The number of carbonyl (C=O) groups is 3. The van der Waals surface area contributed by atoms with Crippen LogP contribution in [0, 0.1) is 5.82 Å². The van der Waals surface area contributed by atoms with Crippen molar-refractivity contribution in [3.63, 3.8) is 0 Å². The van der Waals surface area contributed by atoms with Gasteiger partial charge < -0.3 is 21.3 Å². The third kappa shape index (κ3) is 6.55. The van der Waals surface area contributed by atoms with Crippen LogP contribution in [-0.2, 0) is 9.59 Å². The van der Waals surface area contributed by atoms with Gasteiger partial charge in [0.05, 0.1) is 19.0 Å². The molecule has 4 amide bonds. The Kier molecular flexibility index (Phi) is 7.34. The van der Waals surface area contributed by atoms with Gasteiger partial charge in [-0.2, -0.15) is 0 Å². The van der Waals surface area contributed by atoms with Crippen molar-refractivity contribution in [2.75, 3.05) is 18.9 Å². The fraction of sp³-hybridized carbons (Fsp3) is 0.211. The Balaban J connectivity index is 1.97. The molecular formula is C19H20ClFN4O3. The van der Waals surface area contributed by atoms with E-state index in [0.29, 0.717) is 16.3 Å². The zero-order valence-electron chi connectivity index (χ0n) is 15.1. The Bertz CT molecular complexity index is 843. The molecule has 0 aliphatic rings. The molecule has 7 nitrogen and oxygen atoms in total. The van der Waals surface area contributed by atoms with Crippen molar-refractivity contribution >= 4 is 35.1 Å². The molecule has 4 N–H and O–H groups in total. The van der Waals surface area contributed by atoms with Crippen LogP contribution in [0.25, 0.3) is 0 Å². The van der Waals surface area contributed by atoms with Crippen LogP contribution in [0.5, 0.6) is 0 Å². The number of primary amides is 1. The lowest BCUT2D eigenvalue weighted by Gasteiger charge is -2.22. The van der Waals surface area contributed by atoms with Crippen LogP contribution in [0.2, 0.25) is 5.02 Å². The van der Waals surface area contributed by atoms with Crippen LogP contribution in [0.15, 0.2) is 48.5 Å². The van der Waals surface area contributed by atoms with Crippen LogP contribution in [0.3, 0.4) is 0 Å². The fourth-order valence-corrected chi connectivity index (χ4v) is 2.61. The number of halogens is 2. The Morgan fingerprint density at radius 3 is 2.29 bits per heavy atom. The number of hydrogen-bond donors (Lipinski definition) is 3. The van der Waals surface area contributed by atoms with Crippen molar-refractivity contribution in [1.82, 2.24) is 10.2 Å². The highest BCUT2D eigenvalue weighted by molar-refractivity contribution is 6.30. The summed E-state index contributed by atoms with van der Waals surface area (Å²) in [5, 5.41) is 5.60. The molecule has 9 heteroatoms. The molecule has 28 heavy (non-hydrogen) atoms. The summed E-state index contributed by atoms with van der Waals surface area (Å²) in [4.78, 5) is 37.1. The lowest BCUT2D eigenvalue weighted by Crippen LogP contribution is -2.39. The summed E-state index contributed by atoms with van der Waals surface area (Å²) in [6.07, 6.45) is -0.0924. The smallest absolute Gasteiger partial charge is 0.312 e. The predicted molar refractivity (Wildman–Crippen MR) is 104 cm³/mol. The lowest BCUT2D eigenvalue weighted by atomic mass is 10.0. The van der Waals surface area contributed by atoms with E-state index in [1.165, 1.54) is 36.2 Å². The Labute approximate surface area is 166 Å². The molecule has 2 aromatic carbocycles. The van der Waals surface area contributed by atoms with Gasteiger partial charge in [0.25, 0.3) is 0 Å². The van der Waals surface area contributed by atoms with Crippen LogP contribution >= 0.6 is 11.6 Å². The third-order valence-corrected chi connectivity index (χ3v) is 4.15. The van der Waals surface area contributed by atoms with Crippen molar-refractivity contribution < 1.29 is 18.8 Å². The summed E-state index contributed by atoms with van der Waals surface area (Å²) in [5.74, 6) is -1.23. The molecule has 0 saturated carbocycles. The molecular weight excluding hydrogens is 387 g/mol. The molecule has 0 radical (unpaired) electrons. The molecule has 0 heterocycles. The van der Waals surface area contributed by atoms with Gasteiger partial charge in [0.15, 0.2) is 0 Å². The number of hydrogen-bond acceptors (Lipinski definition) is 3. The number of nitrogens with zero attached hydrogens (tertiary/aromatic N) is 1. The zero-order valence-corrected chi connectivity index (χ0v) is 15.9. The number of anilines is 1. The summed E-state index contributed by atoms with van der Waals surface area (Å²) >= 11 is 5.86. The van der Waals surface area contributed by atoms with Gasteiger partial charge in [-0.05, 0) is 42.0 Å². The molecule has 0 saturated heterocycles. The molecule has 1 atom stereocenters. The maximum atomic E-state index is 12.9.